The smallest absolute Gasteiger partial charge is 0.311 e. The molecule has 2 rings (SSSR count). The number of hydrogen-bond acceptors (Lipinski definition) is 2. The predicted molar refractivity (Wildman–Crippen MR) is 74.6 cm³/mol. The predicted octanol–water partition coefficient (Wildman–Crippen LogP) is 3.86. The number of aliphatic carboxylic acids is 1. The molecule has 1 aromatic carbocycles. The van der Waals surface area contributed by atoms with Crippen LogP contribution in [-0.4, -0.2) is 22.8 Å². The molecule has 19 heavy (non-hydrogen) atoms. The van der Waals surface area contributed by atoms with Crippen molar-refractivity contribution in [1.82, 2.24) is 0 Å². The van der Waals surface area contributed by atoms with E-state index in [1.54, 1.807) is 24.3 Å². The molecular weight excluding hydrogens is 264 g/mol. The molecular formula is C15H19ClO3. The highest BCUT2D eigenvalue weighted by Crippen LogP contribution is 2.35. The minimum atomic E-state index is -0.810. The van der Waals surface area contributed by atoms with Crippen LogP contribution in [0.3, 0.4) is 0 Å². The summed E-state index contributed by atoms with van der Waals surface area (Å²) in [5, 5.41) is 10.0. The molecule has 1 fully saturated rings. The minimum Gasteiger partial charge on any atom is -0.481 e. The quantitative estimate of drug-likeness (QED) is 0.912. The van der Waals surface area contributed by atoms with E-state index in [1.165, 1.54) is 0 Å². The van der Waals surface area contributed by atoms with Crippen LogP contribution in [0.25, 0.3) is 0 Å². The molecule has 4 heteroatoms. The van der Waals surface area contributed by atoms with Crippen LogP contribution in [0.4, 0.5) is 0 Å². The lowest BCUT2D eigenvalue weighted by Gasteiger charge is -2.21. The molecule has 1 N–H and O–H groups in total. The molecule has 1 saturated heterocycles. The lowest BCUT2D eigenvalue weighted by molar-refractivity contribution is -0.140. The van der Waals surface area contributed by atoms with Crippen molar-refractivity contribution in [3.8, 4) is 0 Å². The van der Waals surface area contributed by atoms with Crippen molar-refractivity contribution in [1.29, 1.82) is 0 Å². The normalized spacial score (nSPS) is 23.2. The van der Waals surface area contributed by atoms with Crippen LogP contribution in [0.15, 0.2) is 24.3 Å². The number of hydrogen-bond donors (Lipinski definition) is 1. The van der Waals surface area contributed by atoms with Crippen LogP contribution in [0.1, 0.15) is 44.6 Å². The zero-order valence-electron chi connectivity index (χ0n) is 11.2. The van der Waals surface area contributed by atoms with Crippen LogP contribution in [0.2, 0.25) is 5.02 Å². The summed E-state index contributed by atoms with van der Waals surface area (Å²) in [7, 11) is 0. The van der Waals surface area contributed by atoms with Gasteiger partial charge in [-0.25, -0.2) is 0 Å². The SMILES string of the molecule is CC1(C)CCC(CC(C(=O)O)c2ccc(Cl)cc2)O1. The average molecular weight is 283 g/mol. The number of rotatable bonds is 4. The van der Waals surface area contributed by atoms with Gasteiger partial charge in [-0.2, -0.15) is 0 Å². The Morgan fingerprint density at radius 1 is 1.47 bits per heavy atom. The van der Waals surface area contributed by atoms with Crippen LogP contribution < -0.4 is 0 Å². The zero-order valence-corrected chi connectivity index (χ0v) is 12.0. The van der Waals surface area contributed by atoms with Gasteiger partial charge in [0.1, 0.15) is 0 Å². The molecule has 2 atom stereocenters. The molecule has 104 valence electrons. The number of benzene rings is 1. The third kappa shape index (κ3) is 3.71. The van der Waals surface area contributed by atoms with Crippen LogP contribution >= 0.6 is 11.6 Å². The standard InChI is InChI=1S/C15H19ClO3/c1-15(2)8-7-12(19-15)9-13(14(17)18)10-3-5-11(16)6-4-10/h3-6,12-13H,7-9H2,1-2H3,(H,17,18). The summed E-state index contributed by atoms with van der Waals surface area (Å²) in [5.74, 6) is -1.34. The van der Waals surface area contributed by atoms with Crippen LogP contribution in [-0.2, 0) is 9.53 Å². The van der Waals surface area contributed by atoms with Crippen molar-refractivity contribution < 1.29 is 14.6 Å². The van der Waals surface area contributed by atoms with E-state index >= 15 is 0 Å². The largest absolute Gasteiger partial charge is 0.481 e. The first-order valence-electron chi connectivity index (χ1n) is 6.53. The van der Waals surface area contributed by atoms with Crippen molar-refractivity contribution >= 4 is 17.6 Å². The molecule has 0 saturated carbocycles. The van der Waals surface area contributed by atoms with Crippen molar-refractivity contribution in [3.63, 3.8) is 0 Å². The average Bonchev–Trinajstić information content (AvgIpc) is 2.67. The van der Waals surface area contributed by atoms with Gasteiger partial charge in [-0.1, -0.05) is 23.7 Å². The Balaban J connectivity index is 2.09. The summed E-state index contributed by atoms with van der Waals surface area (Å²) in [5.41, 5.74) is 0.651. The van der Waals surface area contributed by atoms with Crippen molar-refractivity contribution in [2.24, 2.45) is 0 Å². The molecule has 0 radical (unpaired) electrons. The third-order valence-electron chi connectivity index (χ3n) is 3.62. The second kappa shape index (κ2) is 5.51. The molecule has 1 aromatic rings. The number of carboxylic acids is 1. The van der Waals surface area contributed by atoms with E-state index in [1.807, 2.05) is 13.8 Å². The first-order valence-corrected chi connectivity index (χ1v) is 6.91. The van der Waals surface area contributed by atoms with Gasteiger partial charge in [-0.15, -0.1) is 0 Å². The number of carboxylic acid groups (broad SMARTS) is 1. The van der Waals surface area contributed by atoms with Crippen LogP contribution in [0, 0.1) is 0 Å². The topological polar surface area (TPSA) is 46.5 Å². The minimum absolute atomic E-state index is 0.0202. The van der Waals surface area contributed by atoms with E-state index in [2.05, 4.69) is 0 Å². The van der Waals surface area contributed by atoms with Gasteiger partial charge in [0, 0.05) is 5.02 Å². The monoisotopic (exact) mass is 282 g/mol. The molecule has 0 amide bonds. The lowest BCUT2D eigenvalue weighted by Crippen LogP contribution is -2.23. The second-order valence-electron chi connectivity index (χ2n) is 5.72. The third-order valence-corrected chi connectivity index (χ3v) is 3.88. The molecule has 1 heterocycles. The van der Waals surface area contributed by atoms with E-state index < -0.39 is 11.9 Å². The summed E-state index contributed by atoms with van der Waals surface area (Å²) < 4.78 is 5.89. The lowest BCUT2D eigenvalue weighted by atomic mass is 9.92. The van der Waals surface area contributed by atoms with E-state index in [0.29, 0.717) is 11.4 Å². The van der Waals surface area contributed by atoms with Gasteiger partial charge in [0.2, 0.25) is 0 Å². The summed E-state index contributed by atoms with van der Waals surface area (Å²) >= 11 is 5.83. The Morgan fingerprint density at radius 2 is 2.11 bits per heavy atom. The Bertz CT molecular complexity index is 453. The first-order chi connectivity index (χ1) is 8.87. The summed E-state index contributed by atoms with van der Waals surface area (Å²) in [6.07, 6.45) is 2.43. The van der Waals surface area contributed by atoms with Gasteiger partial charge in [0.05, 0.1) is 17.6 Å². The summed E-state index contributed by atoms with van der Waals surface area (Å²) in [4.78, 5) is 11.4. The van der Waals surface area contributed by atoms with E-state index in [4.69, 9.17) is 16.3 Å². The summed E-state index contributed by atoms with van der Waals surface area (Å²) in [6, 6.07) is 7.01. The van der Waals surface area contributed by atoms with Gasteiger partial charge in [-0.3, -0.25) is 4.79 Å². The van der Waals surface area contributed by atoms with Crippen molar-refractivity contribution in [3.05, 3.63) is 34.9 Å². The number of halogens is 1. The Hall–Kier alpha value is -1.06. The maximum absolute atomic E-state index is 11.4. The highest BCUT2D eigenvalue weighted by Gasteiger charge is 2.34. The molecule has 0 aromatic heterocycles. The van der Waals surface area contributed by atoms with Crippen molar-refractivity contribution in [2.45, 2.75) is 50.7 Å². The summed E-state index contributed by atoms with van der Waals surface area (Å²) in [6.45, 7) is 4.09. The van der Waals surface area contributed by atoms with Gasteiger partial charge < -0.3 is 9.84 Å². The van der Waals surface area contributed by atoms with E-state index in [9.17, 15) is 9.90 Å². The number of ether oxygens (including phenoxy) is 1. The highest BCUT2D eigenvalue weighted by atomic mass is 35.5. The second-order valence-corrected chi connectivity index (χ2v) is 6.15. The van der Waals surface area contributed by atoms with Gasteiger partial charge in [0.15, 0.2) is 0 Å². The Kier molecular flexibility index (Phi) is 4.16. The molecule has 0 spiro atoms. The molecule has 1 aliphatic rings. The van der Waals surface area contributed by atoms with E-state index in [0.717, 1.165) is 18.4 Å². The van der Waals surface area contributed by atoms with Crippen LogP contribution in [0.5, 0.6) is 0 Å². The highest BCUT2D eigenvalue weighted by molar-refractivity contribution is 6.30. The maximum atomic E-state index is 11.4. The van der Waals surface area contributed by atoms with Crippen molar-refractivity contribution in [2.75, 3.05) is 0 Å². The number of carbonyl (C=O) groups is 1. The zero-order chi connectivity index (χ0) is 14.0. The van der Waals surface area contributed by atoms with E-state index in [-0.39, 0.29) is 11.7 Å². The fraction of sp³-hybridized carbons (Fsp3) is 0.533. The van der Waals surface area contributed by atoms with Gasteiger partial charge >= 0.3 is 5.97 Å². The Labute approximate surface area is 118 Å². The fourth-order valence-electron chi connectivity index (χ4n) is 2.58. The molecule has 0 aliphatic carbocycles. The van der Waals surface area contributed by atoms with Gasteiger partial charge in [-0.05, 0) is 50.8 Å². The van der Waals surface area contributed by atoms with Gasteiger partial charge in [0.25, 0.3) is 0 Å². The molecule has 2 unspecified atom stereocenters. The molecule has 0 bridgehead atoms. The fourth-order valence-corrected chi connectivity index (χ4v) is 2.71. The first kappa shape index (κ1) is 14.4. The molecule has 3 nitrogen and oxygen atoms in total. The molecule has 1 aliphatic heterocycles. The maximum Gasteiger partial charge on any atom is 0.311 e. The Morgan fingerprint density at radius 3 is 2.58 bits per heavy atom.